The van der Waals surface area contributed by atoms with Crippen molar-refractivity contribution in [2.75, 3.05) is 12.4 Å². The summed E-state index contributed by atoms with van der Waals surface area (Å²) in [5.74, 6) is 1.28. The Morgan fingerprint density at radius 3 is 2.66 bits per heavy atom. The van der Waals surface area contributed by atoms with Crippen molar-refractivity contribution in [1.29, 1.82) is 0 Å². The zero-order valence-corrected chi connectivity index (χ0v) is 17.2. The van der Waals surface area contributed by atoms with Crippen LogP contribution >= 0.6 is 23.2 Å². The van der Waals surface area contributed by atoms with E-state index in [0.29, 0.717) is 28.8 Å². The highest BCUT2D eigenvalue weighted by Gasteiger charge is 2.17. The van der Waals surface area contributed by atoms with Crippen LogP contribution in [0.1, 0.15) is 17.7 Å². The molecule has 0 bridgehead atoms. The lowest BCUT2D eigenvalue weighted by Crippen LogP contribution is -2.04. The lowest BCUT2D eigenvalue weighted by atomic mass is 10.0. The number of aliphatic imine (C=N–C) groups is 1. The molecule has 0 aliphatic carbocycles. The fourth-order valence-corrected chi connectivity index (χ4v) is 3.61. The predicted octanol–water partition coefficient (Wildman–Crippen LogP) is 5.96. The van der Waals surface area contributed by atoms with Crippen LogP contribution in [0.25, 0.3) is 5.57 Å². The second kappa shape index (κ2) is 8.64. The average Bonchev–Trinajstić information content (AvgIpc) is 3.20. The van der Waals surface area contributed by atoms with Gasteiger partial charge in [-0.15, -0.1) is 0 Å². The zero-order valence-electron chi connectivity index (χ0n) is 15.7. The van der Waals surface area contributed by atoms with E-state index >= 15 is 0 Å². The van der Waals surface area contributed by atoms with E-state index in [9.17, 15) is 0 Å². The number of rotatable bonds is 6. The minimum Gasteiger partial charge on any atom is -0.497 e. The Labute approximate surface area is 179 Å². The minimum atomic E-state index is 0.513. The number of ether oxygens (including phenoxy) is 1. The van der Waals surface area contributed by atoms with E-state index in [4.69, 9.17) is 27.9 Å². The van der Waals surface area contributed by atoms with Crippen LogP contribution in [-0.4, -0.2) is 22.8 Å². The highest BCUT2D eigenvalue weighted by molar-refractivity contribution is 6.36. The molecule has 0 fully saturated rings. The van der Waals surface area contributed by atoms with Gasteiger partial charge in [0.1, 0.15) is 5.75 Å². The molecule has 0 amide bonds. The van der Waals surface area contributed by atoms with Crippen LogP contribution in [0.15, 0.2) is 65.9 Å². The van der Waals surface area contributed by atoms with Gasteiger partial charge in [0.15, 0.2) is 0 Å². The highest BCUT2D eigenvalue weighted by Crippen LogP contribution is 2.29. The standard InChI is InChI=1S/C22H18Cl2N4O/c1-29-17-5-2-4-15(11-17)27-22-25-9-8-21(28-22)14-10-16(26-13-14)12-18-19(23)6-3-7-20(18)24/h2-9,11,13H,10,12H2,1H3,(H,25,27,28). The molecule has 3 aromatic rings. The molecule has 0 radical (unpaired) electrons. The van der Waals surface area contributed by atoms with Gasteiger partial charge in [0.25, 0.3) is 0 Å². The predicted molar refractivity (Wildman–Crippen MR) is 119 cm³/mol. The largest absolute Gasteiger partial charge is 0.497 e. The molecular weight excluding hydrogens is 407 g/mol. The third-order valence-corrected chi connectivity index (χ3v) is 5.26. The summed E-state index contributed by atoms with van der Waals surface area (Å²) in [6.45, 7) is 0. The fourth-order valence-electron chi connectivity index (χ4n) is 3.08. The first kappa shape index (κ1) is 19.4. The van der Waals surface area contributed by atoms with Crippen LogP contribution in [0.3, 0.4) is 0 Å². The van der Waals surface area contributed by atoms with Crippen LogP contribution in [0, 0.1) is 0 Å². The van der Waals surface area contributed by atoms with Gasteiger partial charge in [-0.05, 0) is 35.9 Å². The van der Waals surface area contributed by atoms with Gasteiger partial charge >= 0.3 is 0 Å². The number of allylic oxidation sites excluding steroid dienone is 1. The van der Waals surface area contributed by atoms with Crippen LogP contribution < -0.4 is 10.1 Å². The molecule has 29 heavy (non-hydrogen) atoms. The number of anilines is 2. The molecule has 4 rings (SSSR count). The van der Waals surface area contributed by atoms with Crippen LogP contribution in [0.4, 0.5) is 11.6 Å². The van der Waals surface area contributed by atoms with E-state index in [1.54, 1.807) is 13.3 Å². The van der Waals surface area contributed by atoms with Crippen molar-refractivity contribution >= 4 is 46.1 Å². The number of aromatic nitrogens is 2. The summed E-state index contributed by atoms with van der Waals surface area (Å²) < 4.78 is 5.25. The molecule has 0 saturated heterocycles. The van der Waals surface area contributed by atoms with E-state index in [1.165, 1.54) is 0 Å². The Morgan fingerprint density at radius 2 is 1.86 bits per heavy atom. The number of hydrogen-bond donors (Lipinski definition) is 1. The Morgan fingerprint density at radius 1 is 1.07 bits per heavy atom. The SMILES string of the molecule is COc1cccc(Nc2nccc(C3=CN=C(Cc4c(Cl)cccc4Cl)C3)n2)c1. The third-order valence-electron chi connectivity index (χ3n) is 4.55. The maximum Gasteiger partial charge on any atom is 0.227 e. The first-order chi connectivity index (χ1) is 14.1. The van der Waals surface area contributed by atoms with Crippen molar-refractivity contribution in [2.24, 2.45) is 4.99 Å². The van der Waals surface area contributed by atoms with Gasteiger partial charge in [0.2, 0.25) is 5.95 Å². The second-order valence-corrected chi connectivity index (χ2v) is 7.34. The van der Waals surface area contributed by atoms with E-state index in [0.717, 1.165) is 34.0 Å². The molecule has 5 nitrogen and oxygen atoms in total. The topological polar surface area (TPSA) is 59.4 Å². The van der Waals surface area contributed by atoms with Crippen LogP contribution in [0.2, 0.25) is 10.0 Å². The monoisotopic (exact) mass is 424 g/mol. The minimum absolute atomic E-state index is 0.513. The molecule has 0 atom stereocenters. The maximum absolute atomic E-state index is 6.29. The highest BCUT2D eigenvalue weighted by atomic mass is 35.5. The van der Waals surface area contributed by atoms with Crippen molar-refractivity contribution in [3.05, 3.63) is 82.2 Å². The smallest absolute Gasteiger partial charge is 0.227 e. The summed E-state index contributed by atoms with van der Waals surface area (Å²) in [7, 11) is 1.64. The lowest BCUT2D eigenvalue weighted by molar-refractivity contribution is 0.415. The maximum atomic E-state index is 6.29. The van der Waals surface area contributed by atoms with E-state index < -0.39 is 0 Å². The quantitative estimate of drug-likeness (QED) is 0.529. The fraction of sp³-hybridized carbons (Fsp3) is 0.136. The van der Waals surface area contributed by atoms with Crippen molar-refractivity contribution in [3.8, 4) is 5.75 Å². The molecular formula is C22H18Cl2N4O. The van der Waals surface area contributed by atoms with E-state index in [-0.39, 0.29) is 0 Å². The Hall–Kier alpha value is -2.89. The van der Waals surface area contributed by atoms with Gasteiger partial charge in [-0.2, -0.15) is 0 Å². The van der Waals surface area contributed by atoms with Gasteiger partial charge in [0, 0.05) is 58.3 Å². The van der Waals surface area contributed by atoms with E-state index in [2.05, 4.69) is 20.3 Å². The normalized spacial score (nSPS) is 13.1. The van der Waals surface area contributed by atoms with Crippen molar-refractivity contribution in [3.63, 3.8) is 0 Å². The summed E-state index contributed by atoms with van der Waals surface area (Å²) in [6.07, 6.45) is 4.88. The summed E-state index contributed by atoms with van der Waals surface area (Å²) in [5.41, 5.74) is 4.60. The first-order valence-corrected chi connectivity index (χ1v) is 9.80. The number of halogens is 2. The van der Waals surface area contributed by atoms with Gasteiger partial charge in [-0.3, -0.25) is 4.99 Å². The number of benzene rings is 2. The summed E-state index contributed by atoms with van der Waals surface area (Å²) >= 11 is 12.6. The van der Waals surface area contributed by atoms with Crippen molar-refractivity contribution in [2.45, 2.75) is 12.8 Å². The molecule has 1 aliphatic heterocycles. The number of hydrogen-bond acceptors (Lipinski definition) is 5. The number of nitrogens with zero attached hydrogens (tertiary/aromatic N) is 3. The molecule has 2 heterocycles. The Kier molecular flexibility index (Phi) is 5.79. The van der Waals surface area contributed by atoms with Crippen LogP contribution in [0.5, 0.6) is 5.75 Å². The molecule has 0 saturated carbocycles. The molecule has 1 N–H and O–H groups in total. The zero-order chi connectivity index (χ0) is 20.2. The Bertz CT molecular complexity index is 1090. The summed E-state index contributed by atoms with van der Waals surface area (Å²) in [4.78, 5) is 13.5. The second-order valence-electron chi connectivity index (χ2n) is 6.53. The molecule has 146 valence electrons. The molecule has 0 unspecified atom stereocenters. The first-order valence-electron chi connectivity index (χ1n) is 9.04. The molecule has 0 spiro atoms. The summed E-state index contributed by atoms with van der Waals surface area (Å²) in [5, 5.41) is 4.51. The van der Waals surface area contributed by atoms with Gasteiger partial charge in [-0.1, -0.05) is 35.3 Å². The number of methoxy groups -OCH3 is 1. The Balaban J connectivity index is 1.46. The van der Waals surface area contributed by atoms with E-state index in [1.807, 2.05) is 54.7 Å². The molecule has 7 heteroatoms. The van der Waals surface area contributed by atoms with Gasteiger partial charge < -0.3 is 10.1 Å². The molecule has 1 aromatic heterocycles. The average molecular weight is 425 g/mol. The number of nitrogens with one attached hydrogen (secondary N) is 1. The molecule has 1 aliphatic rings. The van der Waals surface area contributed by atoms with Crippen LogP contribution in [-0.2, 0) is 6.42 Å². The summed E-state index contributed by atoms with van der Waals surface area (Å²) in [6, 6.07) is 15.0. The lowest BCUT2D eigenvalue weighted by Gasteiger charge is -2.09. The van der Waals surface area contributed by atoms with Gasteiger partial charge in [-0.25, -0.2) is 9.97 Å². The van der Waals surface area contributed by atoms with Gasteiger partial charge in [0.05, 0.1) is 12.8 Å². The van der Waals surface area contributed by atoms with Crippen molar-refractivity contribution < 1.29 is 4.74 Å². The third kappa shape index (κ3) is 4.58. The van der Waals surface area contributed by atoms with Crippen molar-refractivity contribution in [1.82, 2.24) is 9.97 Å². The molecule has 2 aromatic carbocycles.